The monoisotopic (exact) mass is 216 g/mol. The van der Waals surface area contributed by atoms with Crippen molar-refractivity contribution in [2.45, 2.75) is 13.8 Å². The average Bonchev–Trinajstić information content (AvgIpc) is 2.34. The molecule has 11 heavy (non-hydrogen) atoms. The summed E-state index contributed by atoms with van der Waals surface area (Å²) >= 11 is 3.13. The van der Waals surface area contributed by atoms with Crippen LogP contribution in [-0.4, -0.2) is 5.78 Å². The average molecular weight is 217 g/mol. The Balaban J connectivity index is 2.85. The number of ketones is 1. The van der Waals surface area contributed by atoms with E-state index in [0.29, 0.717) is 10.4 Å². The normalized spacial score (nSPS) is 10.5. The Hall–Kier alpha value is -0.570. The maximum atomic E-state index is 11.2. The lowest BCUT2D eigenvalue weighted by atomic mass is 10.1. The molecule has 0 saturated heterocycles. The van der Waals surface area contributed by atoms with Crippen LogP contribution in [-0.2, 0) is 0 Å². The quantitative estimate of drug-likeness (QED) is 0.713. The summed E-state index contributed by atoms with van der Waals surface area (Å²) < 4.78 is 5.67. The fourth-order valence-electron chi connectivity index (χ4n) is 0.731. The van der Waals surface area contributed by atoms with Crippen molar-refractivity contribution in [3.8, 4) is 0 Å². The van der Waals surface area contributed by atoms with Gasteiger partial charge in [0.05, 0.1) is 0 Å². The summed E-state index contributed by atoms with van der Waals surface area (Å²) in [5, 5.41) is 0. The van der Waals surface area contributed by atoms with Crippen LogP contribution in [0.5, 0.6) is 0 Å². The molecule has 0 aromatic carbocycles. The highest BCUT2D eigenvalue weighted by Crippen LogP contribution is 2.16. The number of rotatable bonds is 2. The van der Waals surface area contributed by atoms with Crippen molar-refractivity contribution < 1.29 is 9.21 Å². The van der Waals surface area contributed by atoms with Gasteiger partial charge >= 0.3 is 0 Å². The first-order chi connectivity index (χ1) is 5.11. The molecule has 0 atom stereocenters. The standard InChI is InChI=1S/C8H9BrO2/c1-5(2)8(10)6-3-4-7(9)11-6/h3-5H,1-2H3. The molecule has 0 aliphatic heterocycles. The van der Waals surface area contributed by atoms with Crippen LogP contribution in [0.3, 0.4) is 0 Å². The fourth-order valence-corrected chi connectivity index (χ4v) is 1.04. The van der Waals surface area contributed by atoms with Gasteiger partial charge in [-0.3, -0.25) is 4.79 Å². The molecule has 0 aliphatic carbocycles. The van der Waals surface area contributed by atoms with Crippen LogP contribution in [0.25, 0.3) is 0 Å². The van der Waals surface area contributed by atoms with Gasteiger partial charge in [0, 0.05) is 5.92 Å². The van der Waals surface area contributed by atoms with Gasteiger partial charge in [0.15, 0.2) is 10.4 Å². The molecule has 3 heteroatoms. The molecule has 2 nitrogen and oxygen atoms in total. The van der Waals surface area contributed by atoms with Crippen molar-refractivity contribution in [1.29, 1.82) is 0 Å². The molecule has 1 heterocycles. The second-order valence-corrected chi connectivity index (χ2v) is 3.40. The molecule has 1 rings (SSSR count). The molecule has 1 aromatic heterocycles. The van der Waals surface area contributed by atoms with Crippen LogP contribution >= 0.6 is 15.9 Å². The molecule has 0 amide bonds. The topological polar surface area (TPSA) is 30.2 Å². The summed E-state index contributed by atoms with van der Waals surface area (Å²) in [6.45, 7) is 3.69. The minimum absolute atomic E-state index is 0.00644. The summed E-state index contributed by atoms with van der Waals surface area (Å²) in [4.78, 5) is 11.2. The van der Waals surface area contributed by atoms with E-state index in [1.807, 2.05) is 13.8 Å². The Labute approximate surface area is 73.7 Å². The van der Waals surface area contributed by atoms with E-state index < -0.39 is 0 Å². The first kappa shape index (κ1) is 8.53. The van der Waals surface area contributed by atoms with E-state index in [0.717, 1.165) is 0 Å². The lowest BCUT2D eigenvalue weighted by molar-refractivity contribution is 0.0910. The maximum absolute atomic E-state index is 11.2. The van der Waals surface area contributed by atoms with Gasteiger partial charge in [-0.25, -0.2) is 0 Å². The molecule has 0 N–H and O–H groups in total. The lowest BCUT2D eigenvalue weighted by Gasteiger charge is -1.97. The number of halogens is 1. The Kier molecular flexibility index (Phi) is 2.49. The molecule has 0 radical (unpaired) electrons. The number of hydrogen-bond donors (Lipinski definition) is 0. The van der Waals surface area contributed by atoms with Crippen molar-refractivity contribution in [2.75, 3.05) is 0 Å². The van der Waals surface area contributed by atoms with Gasteiger partial charge in [0.25, 0.3) is 0 Å². The van der Waals surface area contributed by atoms with Crippen LogP contribution in [0, 0.1) is 5.92 Å². The summed E-state index contributed by atoms with van der Waals surface area (Å²) in [6.07, 6.45) is 0. The van der Waals surface area contributed by atoms with Gasteiger partial charge < -0.3 is 4.42 Å². The Bertz CT molecular complexity index is 263. The predicted molar refractivity (Wildman–Crippen MR) is 45.6 cm³/mol. The molecule has 0 bridgehead atoms. The van der Waals surface area contributed by atoms with Crippen molar-refractivity contribution in [3.05, 3.63) is 22.6 Å². The zero-order chi connectivity index (χ0) is 8.43. The highest BCUT2D eigenvalue weighted by atomic mass is 79.9. The van der Waals surface area contributed by atoms with Crippen molar-refractivity contribution in [1.82, 2.24) is 0 Å². The predicted octanol–water partition coefficient (Wildman–Crippen LogP) is 2.88. The second kappa shape index (κ2) is 3.22. The summed E-state index contributed by atoms with van der Waals surface area (Å²) in [5.74, 6) is 0.454. The molecule has 0 saturated carbocycles. The van der Waals surface area contributed by atoms with E-state index in [4.69, 9.17) is 4.42 Å². The van der Waals surface area contributed by atoms with E-state index >= 15 is 0 Å². The minimum atomic E-state index is -0.00644. The first-order valence-electron chi connectivity index (χ1n) is 3.41. The Morgan fingerprint density at radius 1 is 1.55 bits per heavy atom. The SMILES string of the molecule is CC(C)C(=O)c1ccc(Br)o1. The van der Waals surface area contributed by atoms with Gasteiger partial charge in [-0.15, -0.1) is 0 Å². The third-order valence-electron chi connectivity index (χ3n) is 1.34. The zero-order valence-corrected chi connectivity index (χ0v) is 8.01. The molecular formula is C8H9BrO2. The van der Waals surface area contributed by atoms with Gasteiger partial charge in [-0.1, -0.05) is 13.8 Å². The van der Waals surface area contributed by atoms with E-state index in [1.54, 1.807) is 12.1 Å². The molecule has 0 unspecified atom stereocenters. The lowest BCUT2D eigenvalue weighted by Crippen LogP contribution is -2.05. The molecule has 0 fully saturated rings. The van der Waals surface area contributed by atoms with E-state index in [1.165, 1.54) is 0 Å². The molecular weight excluding hydrogens is 208 g/mol. The van der Waals surface area contributed by atoms with Crippen LogP contribution in [0.4, 0.5) is 0 Å². The summed E-state index contributed by atoms with van der Waals surface area (Å²) in [7, 11) is 0. The maximum Gasteiger partial charge on any atom is 0.200 e. The van der Waals surface area contributed by atoms with Crippen LogP contribution in [0.1, 0.15) is 24.4 Å². The smallest absolute Gasteiger partial charge is 0.200 e. The van der Waals surface area contributed by atoms with Gasteiger partial charge in [0.2, 0.25) is 5.78 Å². The molecule has 0 spiro atoms. The highest BCUT2D eigenvalue weighted by Gasteiger charge is 2.13. The Morgan fingerprint density at radius 2 is 2.18 bits per heavy atom. The first-order valence-corrected chi connectivity index (χ1v) is 4.20. The zero-order valence-electron chi connectivity index (χ0n) is 6.43. The second-order valence-electron chi connectivity index (χ2n) is 2.62. The van der Waals surface area contributed by atoms with Crippen molar-refractivity contribution >= 4 is 21.7 Å². The molecule has 0 aliphatic rings. The van der Waals surface area contributed by atoms with Gasteiger partial charge in [-0.05, 0) is 28.1 Å². The van der Waals surface area contributed by atoms with Crippen LogP contribution in [0.2, 0.25) is 0 Å². The number of Topliss-reactive ketones (excluding diaryl/α,β-unsaturated/α-hetero) is 1. The fraction of sp³-hybridized carbons (Fsp3) is 0.375. The van der Waals surface area contributed by atoms with Gasteiger partial charge in [0.1, 0.15) is 0 Å². The highest BCUT2D eigenvalue weighted by molar-refractivity contribution is 9.10. The third-order valence-corrected chi connectivity index (χ3v) is 1.77. The third kappa shape index (κ3) is 1.93. The van der Waals surface area contributed by atoms with E-state index in [2.05, 4.69) is 15.9 Å². The summed E-state index contributed by atoms with van der Waals surface area (Å²) in [5.41, 5.74) is 0. The number of carbonyl (C=O) groups excluding carboxylic acids is 1. The largest absolute Gasteiger partial charge is 0.446 e. The molecule has 1 aromatic rings. The summed E-state index contributed by atoms with van der Waals surface area (Å²) in [6, 6.07) is 3.39. The van der Waals surface area contributed by atoms with Gasteiger partial charge in [-0.2, -0.15) is 0 Å². The minimum Gasteiger partial charge on any atom is -0.446 e. The number of hydrogen-bond acceptors (Lipinski definition) is 2. The number of carbonyl (C=O) groups is 1. The molecule has 60 valence electrons. The number of furan rings is 1. The van der Waals surface area contributed by atoms with Crippen molar-refractivity contribution in [3.63, 3.8) is 0 Å². The van der Waals surface area contributed by atoms with Crippen molar-refractivity contribution in [2.24, 2.45) is 5.92 Å². The van der Waals surface area contributed by atoms with Crippen LogP contribution < -0.4 is 0 Å². The van der Waals surface area contributed by atoms with E-state index in [9.17, 15) is 4.79 Å². The van der Waals surface area contributed by atoms with Crippen LogP contribution in [0.15, 0.2) is 21.2 Å². The Morgan fingerprint density at radius 3 is 2.55 bits per heavy atom. The van der Waals surface area contributed by atoms with E-state index in [-0.39, 0.29) is 11.7 Å².